The minimum atomic E-state index is 0.173. The SMILES string of the molecule is CCCNc1nc(CC)nc(SC(C)(C)C)c1C. The molecule has 0 spiro atoms. The van der Waals surface area contributed by atoms with Crippen LogP contribution in [0, 0.1) is 6.92 Å². The molecular weight excluding hydrogens is 242 g/mol. The number of hydrogen-bond donors (Lipinski definition) is 1. The molecule has 0 radical (unpaired) electrons. The van der Waals surface area contributed by atoms with Crippen molar-refractivity contribution in [1.29, 1.82) is 0 Å². The molecule has 0 aliphatic rings. The molecule has 1 N–H and O–H groups in total. The van der Waals surface area contributed by atoms with E-state index in [1.54, 1.807) is 0 Å². The van der Waals surface area contributed by atoms with Gasteiger partial charge in [-0.2, -0.15) is 0 Å². The van der Waals surface area contributed by atoms with Gasteiger partial charge in [0.15, 0.2) is 0 Å². The Morgan fingerprint density at radius 1 is 1.17 bits per heavy atom. The standard InChI is InChI=1S/C14H25N3S/c1-7-9-15-12-10(3)13(18-14(4,5)6)17-11(8-2)16-12/h7-9H2,1-6H3,(H,15,16,17). The molecule has 0 saturated heterocycles. The summed E-state index contributed by atoms with van der Waals surface area (Å²) in [6.07, 6.45) is 1.98. The first-order valence-electron chi connectivity index (χ1n) is 6.67. The summed E-state index contributed by atoms with van der Waals surface area (Å²) in [4.78, 5) is 9.24. The van der Waals surface area contributed by atoms with Crippen LogP contribution in [0.15, 0.2) is 5.03 Å². The number of hydrogen-bond acceptors (Lipinski definition) is 4. The summed E-state index contributed by atoms with van der Waals surface area (Å²) in [6.45, 7) is 14.0. The number of aromatic nitrogens is 2. The van der Waals surface area contributed by atoms with Crippen molar-refractivity contribution in [2.45, 2.75) is 64.2 Å². The van der Waals surface area contributed by atoms with Crippen LogP contribution in [-0.4, -0.2) is 21.3 Å². The van der Waals surface area contributed by atoms with Gasteiger partial charge < -0.3 is 5.32 Å². The van der Waals surface area contributed by atoms with E-state index in [-0.39, 0.29) is 4.75 Å². The van der Waals surface area contributed by atoms with Gasteiger partial charge in [0.05, 0.1) is 0 Å². The van der Waals surface area contributed by atoms with Crippen molar-refractivity contribution in [3.63, 3.8) is 0 Å². The lowest BCUT2D eigenvalue weighted by molar-refractivity contribution is 0.790. The lowest BCUT2D eigenvalue weighted by Gasteiger charge is -2.20. The second-order valence-corrected chi connectivity index (χ2v) is 7.23. The van der Waals surface area contributed by atoms with E-state index in [9.17, 15) is 0 Å². The molecule has 3 nitrogen and oxygen atoms in total. The monoisotopic (exact) mass is 267 g/mol. The first-order chi connectivity index (χ1) is 8.37. The van der Waals surface area contributed by atoms with Crippen molar-refractivity contribution < 1.29 is 0 Å². The van der Waals surface area contributed by atoms with E-state index in [1.807, 2.05) is 11.8 Å². The predicted molar refractivity (Wildman–Crippen MR) is 80.5 cm³/mol. The van der Waals surface area contributed by atoms with Gasteiger partial charge in [-0.25, -0.2) is 9.97 Å². The Balaban J connectivity index is 3.08. The zero-order valence-corrected chi connectivity index (χ0v) is 13.2. The van der Waals surface area contributed by atoms with E-state index < -0.39 is 0 Å². The Morgan fingerprint density at radius 3 is 2.33 bits per heavy atom. The van der Waals surface area contributed by atoms with E-state index >= 15 is 0 Å². The van der Waals surface area contributed by atoms with Crippen LogP contribution in [-0.2, 0) is 6.42 Å². The third-order valence-electron chi connectivity index (χ3n) is 2.41. The molecule has 1 heterocycles. The van der Waals surface area contributed by atoms with E-state index in [4.69, 9.17) is 0 Å². The van der Waals surface area contributed by atoms with Crippen molar-refractivity contribution >= 4 is 17.6 Å². The van der Waals surface area contributed by atoms with Gasteiger partial charge in [-0.15, -0.1) is 11.8 Å². The summed E-state index contributed by atoms with van der Waals surface area (Å²) in [7, 11) is 0. The molecule has 0 unspecified atom stereocenters. The molecule has 0 amide bonds. The van der Waals surface area contributed by atoms with Crippen LogP contribution in [0.1, 0.15) is 52.4 Å². The second kappa shape index (κ2) is 6.41. The third kappa shape index (κ3) is 4.48. The van der Waals surface area contributed by atoms with E-state index in [0.717, 1.165) is 36.1 Å². The molecule has 1 aromatic rings. The van der Waals surface area contributed by atoms with Crippen molar-refractivity contribution in [3.05, 3.63) is 11.4 Å². The Labute approximate surface area is 115 Å². The van der Waals surface area contributed by atoms with Crippen LogP contribution in [0.3, 0.4) is 0 Å². The largest absolute Gasteiger partial charge is 0.370 e. The Morgan fingerprint density at radius 2 is 1.83 bits per heavy atom. The van der Waals surface area contributed by atoms with Crippen LogP contribution in [0.4, 0.5) is 5.82 Å². The van der Waals surface area contributed by atoms with Gasteiger partial charge >= 0.3 is 0 Å². The molecule has 0 aliphatic carbocycles. The molecule has 0 saturated carbocycles. The molecule has 0 bridgehead atoms. The lowest BCUT2D eigenvalue weighted by atomic mass is 10.3. The van der Waals surface area contributed by atoms with Gasteiger partial charge in [-0.1, -0.05) is 34.6 Å². The minimum Gasteiger partial charge on any atom is -0.370 e. The van der Waals surface area contributed by atoms with Gasteiger partial charge in [0.2, 0.25) is 0 Å². The highest BCUT2D eigenvalue weighted by molar-refractivity contribution is 8.00. The topological polar surface area (TPSA) is 37.8 Å². The fraction of sp³-hybridized carbons (Fsp3) is 0.714. The maximum Gasteiger partial charge on any atom is 0.133 e. The molecule has 0 aliphatic heterocycles. The highest BCUT2D eigenvalue weighted by Crippen LogP contribution is 2.34. The number of thioether (sulfide) groups is 1. The average Bonchev–Trinajstić information content (AvgIpc) is 2.28. The molecule has 0 aromatic carbocycles. The number of rotatable bonds is 5. The first kappa shape index (κ1) is 15.3. The molecule has 102 valence electrons. The fourth-order valence-corrected chi connectivity index (χ4v) is 2.48. The smallest absolute Gasteiger partial charge is 0.133 e. The zero-order valence-electron chi connectivity index (χ0n) is 12.4. The van der Waals surface area contributed by atoms with E-state index in [1.165, 1.54) is 5.56 Å². The van der Waals surface area contributed by atoms with Gasteiger partial charge in [-0.3, -0.25) is 0 Å². The molecule has 1 aromatic heterocycles. The van der Waals surface area contributed by atoms with E-state index in [0.29, 0.717) is 0 Å². The van der Waals surface area contributed by atoms with Gasteiger partial charge in [0.1, 0.15) is 16.7 Å². The quantitative estimate of drug-likeness (QED) is 0.645. The predicted octanol–water partition coefficient (Wildman–Crippen LogP) is 4.06. The molecule has 0 atom stereocenters. The highest BCUT2D eigenvalue weighted by Gasteiger charge is 2.18. The number of nitrogens with one attached hydrogen (secondary N) is 1. The Bertz CT molecular complexity index is 397. The van der Waals surface area contributed by atoms with Crippen molar-refractivity contribution in [1.82, 2.24) is 9.97 Å². The second-order valence-electron chi connectivity index (χ2n) is 5.41. The number of anilines is 1. The maximum absolute atomic E-state index is 4.66. The fourth-order valence-electron chi connectivity index (χ4n) is 1.50. The number of aryl methyl sites for hydroxylation is 1. The normalized spacial score (nSPS) is 11.7. The van der Waals surface area contributed by atoms with Crippen molar-refractivity contribution in [2.75, 3.05) is 11.9 Å². The molecular formula is C14H25N3S. The van der Waals surface area contributed by atoms with Crippen LogP contribution in [0.25, 0.3) is 0 Å². The van der Waals surface area contributed by atoms with Crippen LogP contribution in [0.2, 0.25) is 0 Å². The van der Waals surface area contributed by atoms with Gasteiger partial charge in [0, 0.05) is 23.3 Å². The summed E-state index contributed by atoms with van der Waals surface area (Å²) in [5.41, 5.74) is 1.17. The minimum absolute atomic E-state index is 0.173. The summed E-state index contributed by atoms with van der Waals surface area (Å²) >= 11 is 1.81. The summed E-state index contributed by atoms with van der Waals surface area (Å²) in [6, 6.07) is 0. The van der Waals surface area contributed by atoms with E-state index in [2.05, 4.69) is 56.8 Å². The highest BCUT2D eigenvalue weighted by atomic mass is 32.2. The summed E-state index contributed by atoms with van der Waals surface area (Å²) in [5, 5.41) is 4.50. The van der Waals surface area contributed by atoms with Gasteiger partial charge in [0.25, 0.3) is 0 Å². The lowest BCUT2D eigenvalue weighted by Crippen LogP contribution is -2.12. The number of nitrogens with zero attached hydrogens (tertiary/aromatic N) is 2. The van der Waals surface area contributed by atoms with Crippen molar-refractivity contribution in [3.8, 4) is 0 Å². The van der Waals surface area contributed by atoms with Crippen LogP contribution in [0.5, 0.6) is 0 Å². The Kier molecular flexibility index (Phi) is 5.45. The molecule has 1 rings (SSSR count). The maximum atomic E-state index is 4.66. The Hall–Kier alpha value is -0.770. The molecule has 0 fully saturated rings. The molecule has 18 heavy (non-hydrogen) atoms. The van der Waals surface area contributed by atoms with Crippen LogP contribution >= 0.6 is 11.8 Å². The average molecular weight is 267 g/mol. The van der Waals surface area contributed by atoms with Gasteiger partial charge in [-0.05, 0) is 13.3 Å². The summed E-state index contributed by atoms with van der Waals surface area (Å²) in [5.74, 6) is 1.92. The first-order valence-corrected chi connectivity index (χ1v) is 7.49. The molecule has 4 heteroatoms. The zero-order chi connectivity index (χ0) is 13.8. The third-order valence-corrected chi connectivity index (χ3v) is 3.61. The summed E-state index contributed by atoms with van der Waals surface area (Å²) < 4.78 is 0.173. The van der Waals surface area contributed by atoms with Crippen molar-refractivity contribution in [2.24, 2.45) is 0 Å². The van der Waals surface area contributed by atoms with Crippen LogP contribution < -0.4 is 5.32 Å².